The normalized spacial score (nSPS) is 26.1. The highest BCUT2D eigenvalue weighted by Crippen LogP contribution is 2.40. The Morgan fingerprint density at radius 3 is 2.50 bits per heavy atom. The molecule has 38 heavy (non-hydrogen) atoms. The van der Waals surface area contributed by atoms with Gasteiger partial charge in [0.15, 0.2) is 5.69 Å². The smallest absolute Gasteiger partial charge is 0.462 e. The van der Waals surface area contributed by atoms with Crippen molar-refractivity contribution in [2.24, 2.45) is 5.92 Å². The van der Waals surface area contributed by atoms with Crippen molar-refractivity contribution < 1.29 is 28.4 Å². The molecule has 0 aliphatic carbocycles. The lowest BCUT2D eigenvalue weighted by Crippen LogP contribution is -2.41. The van der Waals surface area contributed by atoms with Crippen LogP contribution in [-0.2, 0) is 23.6 Å². The second-order valence-corrected chi connectivity index (χ2v) is 11.0. The first-order valence-corrected chi connectivity index (χ1v) is 13.0. The Morgan fingerprint density at radius 1 is 1.18 bits per heavy atom. The summed E-state index contributed by atoms with van der Waals surface area (Å²) in [5, 5.41) is 2.90. The lowest BCUT2D eigenvalue weighted by molar-refractivity contribution is -0.172. The Morgan fingerprint density at radius 2 is 1.87 bits per heavy atom. The topological polar surface area (TPSA) is 135 Å². The number of ether oxygens (including phenoxy) is 2. The Bertz CT molecular complexity index is 1190. The van der Waals surface area contributed by atoms with Crippen molar-refractivity contribution >= 4 is 36.0 Å². The lowest BCUT2D eigenvalue weighted by Gasteiger charge is -2.40. The van der Waals surface area contributed by atoms with E-state index < -0.39 is 30.3 Å². The molecule has 4 heterocycles. The molecule has 2 saturated heterocycles. The van der Waals surface area contributed by atoms with Gasteiger partial charge >= 0.3 is 13.1 Å². The van der Waals surface area contributed by atoms with E-state index in [1.807, 2.05) is 34.6 Å². The van der Waals surface area contributed by atoms with E-state index in [2.05, 4.69) is 22.2 Å². The molecule has 11 heteroatoms. The van der Waals surface area contributed by atoms with E-state index in [4.69, 9.17) is 24.5 Å². The van der Waals surface area contributed by atoms with Crippen molar-refractivity contribution in [1.82, 2.24) is 9.97 Å². The van der Waals surface area contributed by atoms with Gasteiger partial charge in [0.2, 0.25) is 0 Å². The van der Waals surface area contributed by atoms with E-state index >= 15 is 0 Å². The summed E-state index contributed by atoms with van der Waals surface area (Å²) in [4.78, 5) is 33.8. The number of carbonyl (C=O) groups is 2. The zero-order valence-electron chi connectivity index (χ0n) is 23.1. The number of hydrogen-bond acceptors (Lipinski definition) is 9. The monoisotopic (exact) mass is 524 g/mol. The van der Waals surface area contributed by atoms with Crippen molar-refractivity contribution in [1.29, 1.82) is 0 Å². The van der Waals surface area contributed by atoms with Gasteiger partial charge in [-0.15, -0.1) is 0 Å². The number of rotatable bonds is 6. The van der Waals surface area contributed by atoms with E-state index in [0.717, 1.165) is 12.0 Å². The van der Waals surface area contributed by atoms with Crippen LogP contribution in [0.5, 0.6) is 0 Å². The quantitative estimate of drug-likeness (QED) is 0.431. The van der Waals surface area contributed by atoms with Gasteiger partial charge in [-0.2, -0.15) is 0 Å². The van der Waals surface area contributed by atoms with Gasteiger partial charge in [-0.05, 0) is 59.2 Å². The van der Waals surface area contributed by atoms with E-state index in [9.17, 15) is 9.59 Å². The minimum atomic E-state index is -0.733. The second kappa shape index (κ2) is 10.6. The van der Waals surface area contributed by atoms with Crippen LogP contribution in [0, 0.1) is 5.92 Å². The fourth-order valence-electron chi connectivity index (χ4n) is 4.98. The molecule has 2 aromatic heterocycles. The molecule has 0 aromatic carbocycles. The summed E-state index contributed by atoms with van der Waals surface area (Å²) in [5.41, 5.74) is 6.97. The first-order chi connectivity index (χ1) is 17.8. The van der Waals surface area contributed by atoms with Crippen LogP contribution in [0.2, 0.25) is 0 Å². The molecule has 2 aromatic rings. The lowest BCUT2D eigenvalue weighted by atomic mass is 9.84. The van der Waals surface area contributed by atoms with Crippen molar-refractivity contribution in [3.05, 3.63) is 41.9 Å². The summed E-state index contributed by atoms with van der Waals surface area (Å²) in [7, 11) is -0.733. The predicted octanol–water partition coefficient (Wildman–Crippen LogP) is 3.42. The average Bonchev–Trinajstić information content (AvgIpc) is 3.05. The maximum Gasteiger partial charge on any atom is 0.514 e. The fraction of sp³-hybridized carbons (Fsp3) is 0.556. The molecule has 4 rings (SSSR count). The highest BCUT2D eigenvalue weighted by Gasteiger charge is 2.52. The maximum absolute atomic E-state index is 13.4. The van der Waals surface area contributed by atoms with Crippen LogP contribution in [0.15, 0.2) is 30.6 Å². The number of anilines is 2. The number of esters is 1. The molecule has 0 saturated carbocycles. The molecular formula is C27H37BN4O6. The van der Waals surface area contributed by atoms with Crippen LogP contribution < -0.4 is 16.6 Å². The van der Waals surface area contributed by atoms with Crippen LogP contribution in [0.4, 0.5) is 11.4 Å². The molecule has 0 radical (unpaired) electrons. The Labute approximate surface area is 224 Å². The van der Waals surface area contributed by atoms with Gasteiger partial charge in [0.1, 0.15) is 6.10 Å². The molecule has 10 nitrogen and oxygen atoms in total. The molecule has 2 aliphatic rings. The number of pyridine rings is 2. The van der Waals surface area contributed by atoms with Crippen molar-refractivity contribution in [3.8, 4) is 0 Å². The summed E-state index contributed by atoms with van der Waals surface area (Å²) in [6.07, 6.45) is 3.63. The standard InChI is InChI=1S/C27H37BN4O6/c1-8-17-15(2)35-22(13-21(17)36-16(3)33)18-11-12-30-14-20(18)31-25(34)24-19(29)9-10-23(32-24)28-37-26(4,5)27(6,7)38-28/h9-12,14-15,17,21-22H,8,13,29H2,1-7H3,(H,31,34). The predicted molar refractivity (Wildman–Crippen MR) is 144 cm³/mol. The zero-order valence-corrected chi connectivity index (χ0v) is 23.1. The number of nitrogens with one attached hydrogen (secondary N) is 1. The van der Waals surface area contributed by atoms with Crippen LogP contribution in [0.1, 0.15) is 83.5 Å². The number of nitrogens with two attached hydrogens (primary N) is 1. The van der Waals surface area contributed by atoms with Gasteiger partial charge in [-0.25, -0.2) is 4.98 Å². The second-order valence-electron chi connectivity index (χ2n) is 11.0. The molecule has 204 valence electrons. The molecule has 4 unspecified atom stereocenters. The van der Waals surface area contributed by atoms with E-state index in [1.54, 1.807) is 30.6 Å². The number of hydrogen-bond donors (Lipinski definition) is 2. The fourth-order valence-corrected chi connectivity index (χ4v) is 4.98. The van der Waals surface area contributed by atoms with Crippen LogP contribution in [0.25, 0.3) is 0 Å². The minimum absolute atomic E-state index is 0.0498. The Hall–Kier alpha value is -3.02. The third-order valence-electron chi connectivity index (χ3n) is 7.80. The van der Waals surface area contributed by atoms with Gasteiger partial charge in [0, 0.05) is 31.0 Å². The number of carbonyl (C=O) groups excluding carboxylic acids is 2. The Balaban J connectivity index is 1.57. The molecular weight excluding hydrogens is 487 g/mol. The van der Waals surface area contributed by atoms with Gasteiger partial charge in [0.25, 0.3) is 5.91 Å². The number of nitrogen functional groups attached to an aromatic ring is 1. The van der Waals surface area contributed by atoms with Crippen molar-refractivity contribution in [2.45, 2.75) is 90.8 Å². The van der Waals surface area contributed by atoms with Gasteiger partial charge in [-0.1, -0.05) is 6.92 Å². The van der Waals surface area contributed by atoms with Crippen LogP contribution >= 0.6 is 0 Å². The molecule has 3 N–H and O–H groups in total. The SMILES string of the molecule is CCC1C(C)OC(c2ccncc2NC(=O)c2nc(B3OC(C)(C)C(C)(C)O3)ccc2N)CC1OC(C)=O. The maximum atomic E-state index is 13.4. The molecule has 0 spiro atoms. The summed E-state index contributed by atoms with van der Waals surface area (Å²) in [5.74, 6) is -0.744. The summed E-state index contributed by atoms with van der Waals surface area (Å²) >= 11 is 0. The summed E-state index contributed by atoms with van der Waals surface area (Å²) < 4.78 is 24.1. The summed E-state index contributed by atoms with van der Waals surface area (Å²) in [6, 6.07) is 5.11. The van der Waals surface area contributed by atoms with Crippen LogP contribution in [-0.4, -0.2) is 52.4 Å². The molecule has 0 bridgehead atoms. The largest absolute Gasteiger partial charge is 0.514 e. The van der Waals surface area contributed by atoms with Gasteiger partial charge in [-0.3, -0.25) is 14.6 Å². The van der Waals surface area contributed by atoms with E-state index in [-0.39, 0.29) is 35.5 Å². The van der Waals surface area contributed by atoms with Gasteiger partial charge in [0.05, 0.1) is 46.6 Å². The van der Waals surface area contributed by atoms with Crippen molar-refractivity contribution in [3.63, 3.8) is 0 Å². The van der Waals surface area contributed by atoms with Crippen LogP contribution in [0.3, 0.4) is 0 Å². The molecule has 2 aliphatic heterocycles. The average molecular weight is 524 g/mol. The molecule has 4 atom stereocenters. The number of amides is 1. The first-order valence-electron chi connectivity index (χ1n) is 13.0. The number of nitrogens with zero attached hydrogens (tertiary/aromatic N) is 2. The third kappa shape index (κ3) is 5.55. The van der Waals surface area contributed by atoms with Gasteiger partial charge < -0.3 is 29.8 Å². The zero-order chi connectivity index (χ0) is 27.8. The molecule has 2 fully saturated rings. The highest BCUT2D eigenvalue weighted by molar-refractivity contribution is 6.61. The molecule has 1 amide bonds. The Kier molecular flexibility index (Phi) is 7.83. The van der Waals surface area contributed by atoms with E-state index in [0.29, 0.717) is 17.7 Å². The third-order valence-corrected chi connectivity index (χ3v) is 7.80. The first kappa shape index (κ1) is 28.0. The minimum Gasteiger partial charge on any atom is -0.462 e. The highest BCUT2D eigenvalue weighted by atomic mass is 16.7. The van der Waals surface area contributed by atoms with E-state index in [1.165, 1.54) is 6.92 Å². The van der Waals surface area contributed by atoms with Crippen molar-refractivity contribution in [2.75, 3.05) is 11.1 Å². The summed E-state index contributed by atoms with van der Waals surface area (Å²) in [6.45, 7) is 13.2. The number of aromatic nitrogens is 2.